The zero-order chi connectivity index (χ0) is 18.2. The molecule has 0 aliphatic heterocycles. The number of benzene rings is 2. The molecule has 2 aromatic rings. The van der Waals surface area contributed by atoms with Crippen molar-refractivity contribution >= 4 is 5.78 Å². The van der Waals surface area contributed by atoms with Crippen LogP contribution in [0, 0.1) is 46.5 Å². The van der Waals surface area contributed by atoms with E-state index in [9.17, 15) is 39.9 Å². The molecule has 9 heteroatoms. The van der Waals surface area contributed by atoms with Crippen LogP contribution in [0.4, 0.5) is 35.1 Å². The molecular weight excluding hydrogens is 348 g/mol. The minimum absolute atomic E-state index is 0.0834. The highest BCUT2D eigenvalue weighted by atomic mass is 19.2. The Morgan fingerprint density at radius 1 is 0.583 bits per heavy atom. The number of hydrogen-bond donors (Lipinski definition) is 0. The summed E-state index contributed by atoms with van der Waals surface area (Å²) in [6.45, 7) is 0. The van der Waals surface area contributed by atoms with Crippen LogP contribution in [0.25, 0.3) is 0 Å². The zero-order valence-electron chi connectivity index (χ0n) is 11.5. The zero-order valence-corrected chi connectivity index (χ0v) is 11.5. The lowest BCUT2D eigenvalue weighted by molar-refractivity contribution is -0.118. The molecule has 0 radical (unpaired) electrons. The van der Waals surface area contributed by atoms with Crippen molar-refractivity contribution in [2.24, 2.45) is 0 Å². The van der Waals surface area contributed by atoms with Crippen molar-refractivity contribution in [2.45, 2.75) is 12.8 Å². The standard InChI is InChI=1S/C15H6F8O/c16-8-3-9(17)13(21)6(12(8)20)1-5(24)2-7-14(22)10(18)4-11(19)15(7)23/h3-4H,1-2H2. The Bertz CT molecular complexity index is 711. The van der Waals surface area contributed by atoms with Gasteiger partial charge in [0.1, 0.15) is 5.78 Å². The van der Waals surface area contributed by atoms with Crippen LogP contribution in [0.2, 0.25) is 0 Å². The molecule has 0 aliphatic rings. The number of halogens is 8. The summed E-state index contributed by atoms with van der Waals surface area (Å²) in [5.74, 6) is -15.8. The van der Waals surface area contributed by atoms with Crippen molar-refractivity contribution in [1.29, 1.82) is 0 Å². The second kappa shape index (κ2) is 6.58. The third-order valence-corrected chi connectivity index (χ3v) is 3.15. The van der Waals surface area contributed by atoms with E-state index in [0.29, 0.717) is 0 Å². The minimum Gasteiger partial charge on any atom is -0.299 e. The van der Waals surface area contributed by atoms with Crippen molar-refractivity contribution in [1.82, 2.24) is 0 Å². The van der Waals surface area contributed by atoms with Crippen LogP contribution >= 0.6 is 0 Å². The third-order valence-electron chi connectivity index (χ3n) is 3.15. The van der Waals surface area contributed by atoms with E-state index in [1.807, 2.05) is 0 Å². The number of carbonyl (C=O) groups is 1. The Morgan fingerprint density at radius 3 is 1.08 bits per heavy atom. The van der Waals surface area contributed by atoms with E-state index >= 15 is 0 Å². The average Bonchev–Trinajstić information content (AvgIpc) is 2.52. The Kier molecular flexibility index (Phi) is 4.91. The molecule has 0 N–H and O–H groups in total. The fourth-order valence-corrected chi connectivity index (χ4v) is 2.01. The van der Waals surface area contributed by atoms with Gasteiger partial charge in [0, 0.05) is 36.1 Å². The van der Waals surface area contributed by atoms with Crippen LogP contribution in [0.3, 0.4) is 0 Å². The van der Waals surface area contributed by atoms with Crippen molar-refractivity contribution in [3.05, 3.63) is 69.8 Å². The van der Waals surface area contributed by atoms with Crippen LogP contribution in [-0.4, -0.2) is 5.78 Å². The summed E-state index contributed by atoms with van der Waals surface area (Å²) in [6, 6.07) is -0.167. The van der Waals surface area contributed by atoms with E-state index in [1.165, 1.54) is 0 Å². The third kappa shape index (κ3) is 3.24. The predicted molar refractivity (Wildman–Crippen MR) is 65.0 cm³/mol. The fraction of sp³-hybridized carbons (Fsp3) is 0.133. The van der Waals surface area contributed by atoms with Crippen LogP contribution in [0.5, 0.6) is 0 Å². The lowest BCUT2D eigenvalue weighted by Crippen LogP contribution is -2.15. The first kappa shape index (κ1) is 17.9. The summed E-state index contributed by atoms with van der Waals surface area (Å²) in [6.07, 6.45) is -2.55. The topological polar surface area (TPSA) is 17.1 Å². The van der Waals surface area contributed by atoms with E-state index in [1.54, 1.807) is 0 Å². The molecule has 0 saturated heterocycles. The van der Waals surface area contributed by atoms with Gasteiger partial charge in [0.15, 0.2) is 46.5 Å². The number of Topliss-reactive ketones (excluding diaryl/α,β-unsaturated/α-hetero) is 1. The van der Waals surface area contributed by atoms with Gasteiger partial charge in [-0.15, -0.1) is 0 Å². The monoisotopic (exact) mass is 354 g/mol. The van der Waals surface area contributed by atoms with Gasteiger partial charge in [-0.2, -0.15) is 0 Å². The minimum atomic E-state index is -1.85. The number of hydrogen-bond acceptors (Lipinski definition) is 1. The highest BCUT2D eigenvalue weighted by Crippen LogP contribution is 2.23. The van der Waals surface area contributed by atoms with E-state index in [2.05, 4.69) is 0 Å². The maximum atomic E-state index is 13.4. The molecule has 1 nitrogen and oxygen atoms in total. The Labute approximate surface area is 129 Å². The van der Waals surface area contributed by atoms with E-state index in [0.717, 1.165) is 0 Å². The first-order chi connectivity index (χ1) is 11.1. The lowest BCUT2D eigenvalue weighted by Gasteiger charge is -2.08. The summed E-state index contributed by atoms with van der Waals surface area (Å²) in [5.41, 5.74) is -2.59. The van der Waals surface area contributed by atoms with Crippen molar-refractivity contribution in [3.8, 4) is 0 Å². The van der Waals surface area contributed by atoms with Gasteiger partial charge < -0.3 is 0 Å². The summed E-state index contributed by atoms with van der Waals surface area (Å²) in [5, 5.41) is 0. The van der Waals surface area contributed by atoms with Crippen LogP contribution in [0.15, 0.2) is 12.1 Å². The van der Waals surface area contributed by atoms with Crippen LogP contribution in [-0.2, 0) is 17.6 Å². The maximum Gasteiger partial charge on any atom is 0.165 e. The second-order valence-corrected chi connectivity index (χ2v) is 4.79. The van der Waals surface area contributed by atoms with Gasteiger partial charge >= 0.3 is 0 Å². The summed E-state index contributed by atoms with van der Waals surface area (Å²) < 4.78 is 106. The first-order valence-corrected chi connectivity index (χ1v) is 6.28. The number of ketones is 1. The number of carbonyl (C=O) groups excluding carboxylic acids is 1. The van der Waals surface area contributed by atoms with Crippen LogP contribution in [0.1, 0.15) is 11.1 Å². The number of rotatable bonds is 4. The van der Waals surface area contributed by atoms with E-state index in [-0.39, 0.29) is 12.1 Å². The van der Waals surface area contributed by atoms with Gasteiger partial charge in [-0.05, 0) is 0 Å². The van der Waals surface area contributed by atoms with E-state index in [4.69, 9.17) is 0 Å². The van der Waals surface area contributed by atoms with Crippen molar-refractivity contribution < 1.29 is 39.9 Å². The normalized spacial score (nSPS) is 11.0. The van der Waals surface area contributed by atoms with Gasteiger partial charge in [0.2, 0.25) is 0 Å². The second-order valence-electron chi connectivity index (χ2n) is 4.79. The van der Waals surface area contributed by atoms with Crippen molar-refractivity contribution in [3.63, 3.8) is 0 Å². The molecule has 0 fully saturated rings. The van der Waals surface area contributed by atoms with Gasteiger partial charge in [-0.25, -0.2) is 35.1 Å². The first-order valence-electron chi connectivity index (χ1n) is 6.28. The predicted octanol–water partition coefficient (Wildman–Crippen LogP) is 4.15. The largest absolute Gasteiger partial charge is 0.299 e. The molecule has 0 aromatic heterocycles. The Balaban J connectivity index is 2.34. The average molecular weight is 354 g/mol. The molecule has 2 rings (SSSR count). The van der Waals surface area contributed by atoms with Crippen molar-refractivity contribution in [2.75, 3.05) is 0 Å². The smallest absolute Gasteiger partial charge is 0.165 e. The molecule has 0 heterocycles. The summed E-state index contributed by atoms with van der Waals surface area (Å²) in [7, 11) is 0. The molecule has 0 bridgehead atoms. The molecule has 0 atom stereocenters. The highest BCUT2D eigenvalue weighted by molar-refractivity contribution is 5.83. The molecule has 0 saturated carbocycles. The Hall–Kier alpha value is -2.45. The van der Waals surface area contributed by atoms with Gasteiger partial charge in [-0.1, -0.05) is 0 Å². The molecule has 2 aromatic carbocycles. The van der Waals surface area contributed by atoms with Gasteiger partial charge in [0.25, 0.3) is 0 Å². The molecule has 128 valence electrons. The van der Waals surface area contributed by atoms with Crippen LogP contribution < -0.4 is 0 Å². The van der Waals surface area contributed by atoms with E-state index < -0.39 is 76.3 Å². The molecule has 0 spiro atoms. The molecule has 24 heavy (non-hydrogen) atoms. The highest BCUT2D eigenvalue weighted by Gasteiger charge is 2.25. The maximum absolute atomic E-state index is 13.4. The van der Waals surface area contributed by atoms with Gasteiger partial charge in [-0.3, -0.25) is 4.79 Å². The molecule has 0 unspecified atom stereocenters. The molecule has 0 amide bonds. The quantitative estimate of drug-likeness (QED) is 0.596. The Morgan fingerprint density at radius 2 is 0.833 bits per heavy atom. The lowest BCUT2D eigenvalue weighted by atomic mass is 10.0. The summed E-state index contributed by atoms with van der Waals surface area (Å²) >= 11 is 0. The van der Waals surface area contributed by atoms with Gasteiger partial charge in [0.05, 0.1) is 0 Å². The fourth-order valence-electron chi connectivity index (χ4n) is 2.01. The molecular formula is C15H6F8O. The molecule has 0 aliphatic carbocycles. The SMILES string of the molecule is O=C(Cc1c(F)c(F)cc(F)c1F)Cc1c(F)c(F)cc(F)c1F. The summed E-state index contributed by atoms with van der Waals surface area (Å²) in [4.78, 5) is 11.7.